The molecule has 5 aromatic rings. The van der Waals surface area contributed by atoms with Crippen LogP contribution < -0.4 is 10.0 Å². The number of aromatic hydroxyl groups is 1. The van der Waals surface area contributed by atoms with E-state index in [1.54, 1.807) is 48.7 Å². The molecular formula is C29H24FN5O4S2. The van der Waals surface area contributed by atoms with Crippen LogP contribution in [0.3, 0.4) is 0 Å². The van der Waals surface area contributed by atoms with Crippen molar-refractivity contribution < 1.29 is 22.7 Å². The number of carbonyl (C=O) groups excluding carboxylic acids is 1. The fraction of sp³-hybridized carbons (Fsp3) is 0.138. The number of nitrogens with zero attached hydrogens (tertiary/aromatic N) is 3. The van der Waals surface area contributed by atoms with Gasteiger partial charge in [0.15, 0.2) is 0 Å². The summed E-state index contributed by atoms with van der Waals surface area (Å²) in [6.45, 7) is 0.428. The number of thiophene rings is 1. The number of hydrogen-bond acceptors (Lipinski definition) is 8. The largest absolute Gasteiger partial charge is 0.506 e. The predicted octanol–water partition coefficient (Wildman–Crippen LogP) is 4.71. The van der Waals surface area contributed by atoms with Gasteiger partial charge in [-0.05, 0) is 72.1 Å². The van der Waals surface area contributed by atoms with Gasteiger partial charge in [0.25, 0.3) is 0 Å². The third-order valence-corrected chi connectivity index (χ3v) is 9.35. The van der Waals surface area contributed by atoms with Crippen LogP contribution in [0.25, 0.3) is 21.0 Å². The molecule has 0 aliphatic rings. The Morgan fingerprint density at radius 1 is 1.15 bits per heavy atom. The Morgan fingerprint density at radius 3 is 2.76 bits per heavy atom. The zero-order valence-corrected chi connectivity index (χ0v) is 23.4. The SMILES string of the molecule is CN(CC(=O)Nc1ccc2sc(S(=O)(=O)NCc3ccc(C#N)c(F)c3)cc2c1)Cc1ccc(O)c2ncccc12. The number of nitriles is 1. The first kappa shape index (κ1) is 28.1. The molecule has 0 saturated carbocycles. The van der Waals surface area contributed by atoms with E-state index in [0.29, 0.717) is 28.7 Å². The predicted molar refractivity (Wildman–Crippen MR) is 155 cm³/mol. The van der Waals surface area contributed by atoms with Crippen LogP contribution in [0.2, 0.25) is 0 Å². The van der Waals surface area contributed by atoms with Crippen molar-refractivity contribution in [1.29, 1.82) is 5.26 Å². The van der Waals surface area contributed by atoms with Gasteiger partial charge in [0, 0.05) is 35.1 Å². The number of hydrogen-bond donors (Lipinski definition) is 3. The molecule has 2 heterocycles. The second-order valence-corrected chi connectivity index (χ2v) is 12.5. The number of aromatic nitrogens is 1. The molecule has 0 spiro atoms. The van der Waals surface area contributed by atoms with Crippen LogP contribution in [-0.4, -0.2) is 42.9 Å². The number of fused-ring (bicyclic) bond motifs is 2. The lowest BCUT2D eigenvalue weighted by Gasteiger charge is -2.18. The first-order chi connectivity index (χ1) is 19.6. The molecule has 208 valence electrons. The molecule has 0 saturated heterocycles. The molecule has 0 aliphatic carbocycles. The fourth-order valence-electron chi connectivity index (χ4n) is 4.38. The van der Waals surface area contributed by atoms with Gasteiger partial charge in [-0.25, -0.2) is 17.5 Å². The van der Waals surface area contributed by atoms with E-state index < -0.39 is 15.8 Å². The highest BCUT2D eigenvalue weighted by Crippen LogP contribution is 2.31. The topological polar surface area (TPSA) is 135 Å². The van der Waals surface area contributed by atoms with E-state index in [1.807, 2.05) is 18.0 Å². The monoisotopic (exact) mass is 589 g/mol. The molecule has 9 nitrogen and oxygen atoms in total. The Labute approximate surface area is 239 Å². The highest BCUT2D eigenvalue weighted by molar-refractivity contribution is 7.91. The normalized spacial score (nSPS) is 11.7. The summed E-state index contributed by atoms with van der Waals surface area (Å²) < 4.78 is 42.9. The molecule has 3 N–H and O–H groups in total. The summed E-state index contributed by atoms with van der Waals surface area (Å²) in [6, 6.07) is 19.4. The third-order valence-electron chi connectivity index (χ3n) is 6.36. The van der Waals surface area contributed by atoms with Crippen molar-refractivity contribution >= 4 is 53.9 Å². The molecule has 0 atom stereocenters. The van der Waals surface area contributed by atoms with Crippen molar-refractivity contribution in [3.8, 4) is 11.8 Å². The van der Waals surface area contributed by atoms with Crippen LogP contribution in [0, 0.1) is 17.1 Å². The number of nitrogens with one attached hydrogen (secondary N) is 2. The van der Waals surface area contributed by atoms with E-state index in [4.69, 9.17) is 5.26 Å². The van der Waals surface area contributed by atoms with Crippen LogP contribution in [0.15, 0.2) is 77.1 Å². The third kappa shape index (κ3) is 6.34. The number of halogens is 1. The van der Waals surface area contributed by atoms with Crippen molar-refractivity contribution in [3.63, 3.8) is 0 Å². The zero-order valence-electron chi connectivity index (χ0n) is 21.8. The van der Waals surface area contributed by atoms with Gasteiger partial charge in [0.2, 0.25) is 15.9 Å². The van der Waals surface area contributed by atoms with Gasteiger partial charge in [-0.3, -0.25) is 14.7 Å². The van der Waals surface area contributed by atoms with Crippen molar-refractivity contribution in [3.05, 3.63) is 95.4 Å². The molecule has 0 aliphatic heterocycles. The average Bonchev–Trinajstić information content (AvgIpc) is 3.38. The number of sulfonamides is 1. The number of rotatable bonds is 9. The summed E-state index contributed by atoms with van der Waals surface area (Å²) >= 11 is 1.08. The highest BCUT2D eigenvalue weighted by atomic mass is 32.2. The van der Waals surface area contributed by atoms with Crippen LogP contribution in [0.1, 0.15) is 16.7 Å². The number of pyridine rings is 1. The quantitative estimate of drug-likeness (QED) is 0.227. The van der Waals surface area contributed by atoms with E-state index >= 15 is 0 Å². The molecule has 0 fully saturated rings. The Morgan fingerprint density at radius 2 is 1.98 bits per heavy atom. The second-order valence-electron chi connectivity index (χ2n) is 9.43. The smallest absolute Gasteiger partial charge is 0.250 e. The summed E-state index contributed by atoms with van der Waals surface area (Å²) in [5.41, 5.74) is 2.23. The number of anilines is 1. The Hall–Kier alpha value is -4.41. The number of likely N-dealkylation sites (N-methyl/N-ethyl adjacent to an activating group) is 1. The van der Waals surface area contributed by atoms with Crippen molar-refractivity contribution in [2.24, 2.45) is 0 Å². The van der Waals surface area contributed by atoms with Crippen LogP contribution in [-0.2, 0) is 27.9 Å². The van der Waals surface area contributed by atoms with Gasteiger partial charge in [-0.1, -0.05) is 18.2 Å². The molecule has 5 rings (SSSR count). The van der Waals surface area contributed by atoms with E-state index in [1.165, 1.54) is 18.2 Å². The summed E-state index contributed by atoms with van der Waals surface area (Å²) in [7, 11) is -2.07. The molecule has 3 aromatic carbocycles. The highest BCUT2D eigenvalue weighted by Gasteiger charge is 2.18. The summed E-state index contributed by atoms with van der Waals surface area (Å²) in [4.78, 5) is 18.8. The molecule has 41 heavy (non-hydrogen) atoms. The van der Waals surface area contributed by atoms with Crippen molar-refractivity contribution in [2.75, 3.05) is 18.9 Å². The zero-order chi connectivity index (χ0) is 29.1. The standard InChI is InChI=1S/C29H24FN5O4S2/c1-35(16-20-6-8-25(36)29-23(20)3-2-10-32-29)17-27(37)34-22-7-9-26-21(12-22)13-28(40-26)41(38,39)33-15-18-4-5-19(14-31)24(30)11-18/h2-13,33,36H,15-17H2,1H3,(H,34,37). The van der Waals surface area contributed by atoms with Crippen LogP contribution >= 0.6 is 11.3 Å². The lowest BCUT2D eigenvalue weighted by atomic mass is 10.1. The van der Waals surface area contributed by atoms with Crippen molar-refractivity contribution in [2.45, 2.75) is 17.3 Å². The first-order valence-electron chi connectivity index (χ1n) is 12.4. The number of benzene rings is 3. The number of phenols is 1. The maximum atomic E-state index is 13.9. The minimum Gasteiger partial charge on any atom is -0.506 e. The maximum Gasteiger partial charge on any atom is 0.250 e. The number of carbonyl (C=O) groups is 1. The van der Waals surface area contributed by atoms with E-state index in [0.717, 1.165) is 33.1 Å². The van der Waals surface area contributed by atoms with Gasteiger partial charge >= 0.3 is 0 Å². The lowest BCUT2D eigenvalue weighted by Crippen LogP contribution is -2.29. The van der Waals surface area contributed by atoms with Crippen LogP contribution in [0.5, 0.6) is 5.75 Å². The molecule has 2 aromatic heterocycles. The van der Waals surface area contributed by atoms with E-state index in [2.05, 4.69) is 15.0 Å². The first-order valence-corrected chi connectivity index (χ1v) is 14.7. The minimum atomic E-state index is -3.88. The Balaban J connectivity index is 1.22. The number of amides is 1. The molecule has 0 bridgehead atoms. The average molecular weight is 590 g/mol. The van der Waals surface area contributed by atoms with Crippen molar-refractivity contribution in [1.82, 2.24) is 14.6 Å². The van der Waals surface area contributed by atoms with E-state index in [-0.39, 0.29) is 34.5 Å². The second kappa shape index (κ2) is 11.6. The molecule has 12 heteroatoms. The molecule has 1 amide bonds. The van der Waals surface area contributed by atoms with Gasteiger partial charge in [-0.15, -0.1) is 11.3 Å². The summed E-state index contributed by atoms with van der Waals surface area (Å²) in [6.07, 6.45) is 1.61. The fourth-order valence-corrected chi connectivity index (χ4v) is 6.83. The Kier molecular flexibility index (Phi) is 7.96. The minimum absolute atomic E-state index is 0.0837. The Bertz CT molecular complexity index is 1940. The summed E-state index contributed by atoms with van der Waals surface area (Å²) in [5, 5.41) is 23.2. The lowest BCUT2D eigenvalue weighted by molar-refractivity contribution is -0.117. The molecule has 0 unspecified atom stereocenters. The maximum absolute atomic E-state index is 13.9. The molecule has 0 radical (unpaired) electrons. The van der Waals surface area contributed by atoms with Gasteiger partial charge < -0.3 is 10.4 Å². The van der Waals surface area contributed by atoms with Crippen LogP contribution in [0.4, 0.5) is 10.1 Å². The summed E-state index contributed by atoms with van der Waals surface area (Å²) in [5.74, 6) is -0.854. The molecular weight excluding hydrogens is 565 g/mol. The van der Waals surface area contributed by atoms with Gasteiger partial charge in [0.05, 0.1) is 12.1 Å². The van der Waals surface area contributed by atoms with E-state index in [9.17, 15) is 22.7 Å². The van der Waals surface area contributed by atoms with Gasteiger partial charge in [0.1, 0.15) is 27.4 Å². The number of phenolic OH excluding ortho intramolecular Hbond substituents is 1. The van der Waals surface area contributed by atoms with Gasteiger partial charge in [-0.2, -0.15) is 5.26 Å².